The summed E-state index contributed by atoms with van der Waals surface area (Å²) in [5.41, 5.74) is 3.66. The van der Waals surface area contributed by atoms with Crippen LogP contribution in [0.5, 0.6) is 5.75 Å². The fourth-order valence-electron chi connectivity index (χ4n) is 2.08. The summed E-state index contributed by atoms with van der Waals surface area (Å²) in [6, 6.07) is 11.4. The highest BCUT2D eigenvalue weighted by atomic mass is 35.5. The molecule has 26 heavy (non-hydrogen) atoms. The lowest BCUT2D eigenvalue weighted by Crippen LogP contribution is -2.21. The van der Waals surface area contributed by atoms with Gasteiger partial charge in [0, 0.05) is 21.3 Å². The molecule has 2 N–H and O–H groups in total. The molecule has 0 bridgehead atoms. The number of nitrogens with one attached hydrogen (secondary N) is 2. The fraction of sp³-hybridized carbons (Fsp3) is 0.167. The molecule has 0 unspecified atom stereocenters. The van der Waals surface area contributed by atoms with E-state index >= 15 is 0 Å². The highest BCUT2D eigenvalue weighted by molar-refractivity contribution is 6.31. The Balaban J connectivity index is 1.95. The second-order valence-corrected chi connectivity index (χ2v) is 6.24. The molecule has 2 aromatic rings. The summed E-state index contributed by atoms with van der Waals surface area (Å²) in [6.07, 6.45) is -0.00844. The Kier molecular flexibility index (Phi) is 7.00. The standard InChI is InChI=1S/C18H17Cl2N3O3/c1-11(22-23-18(25)12-4-3-5-13(19)9-12)8-17(24)21-15-10-14(20)6-7-16(15)26-2/h3-7,9-10H,8H2,1-2H3,(H,21,24)(H,23,25)/b22-11+. The van der Waals surface area contributed by atoms with Crippen LogP contribution in [0.25, 0.3) is 0 Å². The molecular formula is C18H17Cl2N3O3. The topological polar surface area (TPSA) is 79.8 Å². The van der Waals surface area contributed by atoms with Crippen LogP contribution in [0.3, 0.4) is 0 Å². The van der Waals surface area contributed by atoms with E-state index in [1.54, 1.807) is 43.3 Å². The lowest BCUT2D eigenvalue weighted by molar-refractivity contribution is -0.115. The van der Waals surface area contributed by atoms with Crippen molar-refractivity contribution in [3.05, 3.63) is 58.1 Å². The first-order valence-electron chi connectivity index (χ1n) is 7.61. The molecule has 0 aliphatic carbocycles. The van der Waals surface area contributed by atoms with Crippen LogP contribution in [0.1, 0.15) is 23.7 Å². The molecule has 8 heteroatoms. The van der Waals surface area contributed by atoms with Crippen molar-refractivity contribution in [2.75, 3.05) is 12.4 Å². The third-order valence-corrected chi connectivity index (χ3v) is 3.76. The van der Waals surface area contributed by atoms with Crippen LogP contribution in [0.2, 0.25) is 10.0 Å². The SMILES string of the molecule is COc1ccc(Cl)cc1NC(=O)C/C(C)=N/NC(=O)c1cccc(Cl)c1. The molecule has 136 valence electrons. The van der Waals surface area contributed by atoms with E-state index in [0.29, 0.717) is 32.8 Å². The molecule has 0 aliphatic heterocycles. The van der Waals surface area contributed by atoms with E-state index < -0.39 is 5.91 Å². The number of amides is 2. The van der Waals surface area contributed by atoms with Gasteiger partial charge in [0.05, 0.1) is 19.2 Å². The van der Waals surface area contributed by atoms with Crippen LogP contribution < -0.4 is 15.5 Å². The molecule has 0 aliphatic rings. The summed E-state index contributed by atoms with van der Waals surface area (Å²) in [4.78, 5) is 24.1. The summed E-state index contributed by atoms with van der Waals surface area (Å²) >= 11 is 11.8. The van der Waals surface area contributed by atoms with E-state index in [4.69, 9.17) is 27.9 Å². The number of rotatable bonds is 6. The number of benzene rings is 2. The Hall–Kier alpha value is -2.57. The van der Waals surface area contributed by atoms with Gasteiger partial charge in [0.1, 0.15) is 5.75 Å². The maximum absolute atomic E-state index is 12.1. The van der Waals surface area contributed by atoms with Gasteiger partial charge in [-0.25, -0.2) is 5.43 Å². The van der Waals surface area contributed by atoms with Crippen LogP contribution in [-0.2, 0) is 4.79 Å². The maximum atomic E-state index is 12.1. The van der Waals surface area contributed by atoms with E-state index in [-0.39, 0.29) is 12.3 Å². The first-order valence-corrected chi connectivity index (χ1v) is 8.37. The molecule has 0 atom stereocenters. The molecule has 2 amide bonds. The maximum Gasteiger partial charge on any atom is 0.271 e. The molecule has 2 rings (SSSR count). The van der Waals surface area contributed by atoms with Gasteiger partial charge < -0.3 is 10.1 Å². The number of hydrogen-bond donors (Lipinski definition) is 2. The minimum atomic E-state index is -0.413. The van der Waals surface area contributed by atoms with E-state index in [9.17, 15) is 9.59 Å². The number of methoxy groups -OCH3 is 1. The normalized spacial score (nSPS) is 11.0. The Bertz CT molecular complexity index is 853. The van der Waals surface area contributed by atoms with Gasteiger partial charge >= 0.3 is 0 Å². The summed E-state index contributed by atoms with van der Waals surface area (Å²) in [7, 11) is 1.50. The zero-order valence-corrected chi connectivity index (χ0v) is 15.7. The van der Waals surface area contributed by atoms with E-state index in [1.807, 2.05) is 0 Å². The number of anilines is 1. The number of carbonyl (C=O) groups excluding carboxylic acids is 2. The Morgan fingerprint density at radius 3 is 2.54 bits per heavy atom. The number of ether oxygens (including phenoxy) is 1. The van der Waals surface area contributed by atoms with Crippen molar-refractivity contribution in [2.45, 2.75) is 13.3 Å². The number of nitrogens with zero attached hydrogens (tertiary/aromatic N) is 1. The molecule has 0 heterocycles. The van der Waals surface area contributed by atoms with Crippen LogP contribution >= 0.6 is 23.2 Å². The van der Waals surface area contributed by atoms with Crippen molar-refractivity contribution < 1.29 is 14.3 Å². The monoisotopic (exact) mass is 393 g/mol. The van der Waals surface area contributed by atoms with Crippen molar-refractivity contribution >= 4 is 46.4 Å². The minimum Gasteiger partial charge on any atom is -0.495 e. The van der Waals surface area contributed by atoms with Crippen molar-refractivity contribution in [3.63, 3.8) is 0 Å². The molecular weight excluding hydrogens is 377 g/mol. The van der Waals surface area contributed by atoms with Gasteiger partial charge in [0.15, 0.2) is 0 Å². The van der Waals surface area contributed by atoms with Crippen LogP contribution in [-0.4, -0.2) is 24.6 Å². The zero-order valence-electron chi connectivity index (χ0n) is 14.2. The van der Waals surface area contributed by atoms with E-state index in [0.717, 1.165) is 0 Å². The molecule has 0 fully saturated rings. The zero-order chi connectivity index (χ0) is 19.1. The number of hydrogen-bond acceptors (Lipinski definition) is 4. The van der Waals surface area contributed by atoms with E-state index in [2.05, 4.69) is 15.8 Å². The quantitative estimate of drug-likeness (QED) is 0.571. The number of carbonyl (C=O) groups is 2. The van der Waals surface area contributed by atoms with Crippen molar-refractivity contribution in [1.82, 2.24) is 5.43 Å². The molecule has 6 nitrogen and oxygen atoms in total. The van der Waals surface area contributed by atoms with Gasteiger partial charge in [-0.15, -0.1) is 0 Å². The summed E-state index contributed by atoms with van der Waals surface area (Å²) in [6.45, 7) is 1.63. The summed E-state index contributed by atoms with van der Waals surface area (Å²) in [5, 5.41) is 7.55. The van der Waals surface area contributed by atoms with Crippen LogP contribution in [0.15, 0.2) is 47.6 Å². The second-order valence-electron chi connectivity index (χ2n) is 5.37. The van der Waals surface area contributed by atoms with Gasteiger partial charge in [0.2, 0.25) is 5.91 Å². The van der Waals surface area contributed by atoms with Crippen molar-refractivity contribution in [2.24, 2.45) is 5.10 Å². The molecule has 0 aromatic heterocycles. The summed E-state index contributed by atoms with van der Waals surface area (Å²) < 4.78 is 5.17. The van der Waals surface area contributed by atoms with Gasteiger partial charge in [-0.3, -0.25) is 9.59 Å². The molecule has 2 aromatic carbocycles. The highest BCUT2D eigenvalue weighted by Gasteiger charge is 2.10. The number of hydrazone groups is 1. The fourth-order valence-corrected chi connectivity index (χ4v) is 2.45. The Morgan fingerprint density at radius 2 is 1.85 bits per heavy atom. The lowest BCUT2D eigenvalue weighted by Gasteiger charge is -2.10. The summed E-state index contributed by atoms with van der Waals surface area (Å²) in [5.74, 6) is -0.237. The average Bonchev–Trinajstić information content (AvgIpc) is 2.59. The van der Waals surface area contributed by atoms with Gasteiger partial charge in [-0.2, -0.15) is 5.10 Å². The molecule has 0 saturated carbocycles. The Labute approximate surface area is 161 Å². The predicted octanol–water partition coefficient (Wildman–Crippen LogP) is 4.14. The van der Waals surface area contributed by atoms with Gasteiger partial charge in [-0.1, -0.05) is 29.3 Å². The van der Waals surface area contributed by atoms with Crippen LogP contribution in [0, 0.1) is 0 Å². The van der Waals surface area contributed by atoms with Gasteiger partial charge in [0.25, 0.3) is 5.91 Å². The third-order valence-electron chi connectivity index (χ3n) is 3.29. The van der Waals surface area contributed by atoms with Crippen LogP contribution in [0.4, 0.5) is 5.69 Å². The number of halogens is 2. The largest absolute Gasteiger partial charge is 0.495 e. The Morgan fingerprint density at radius 1 is 1.12 bits per heavy atom. The lowest BCUT2D eigenvalue weighted by atomic mass is 10.2. The van der Waals surface area contributed by atoms with Gasteiger partial charge in [-0.05, 0) is 43.3 Å². The smallest absolute Gasteiger partial charge is 0.271 e. The van der Waals surface area contributed by atoms with Crippen molar-refractivity contribution in [3.8, 4) is 5.75 Å². The first-order chi connectivity index (χ1) is 12.4. The third kappa shape index (κ3) is 5.75. The molecule has 0 radical (unpaired) electrons. The minimum absolute atomic E-state index is 0.00844. The first kappa shape index (κ1) is 19.8. The second kappa shape index (κ2) is 9.22. The molecule has 0 spiro atoms. The predicted molar refractivity (Wildman–Crippen MR) is 103 cm³/mol. The van der Waals surface area contributed by atoms with Crippen molar-refractivity contribution in [1.29, 1.82) is 0 Å². The molecule has 0 saturated heterocycles. The average molecular weight is 394 g/mol. The highest BCUT2D eigenvalue weighted by Crippen LogP contribution is 2.27. The van der Waals surface area contributed by atoms with E-state index in [1.165, 1.54) is 13.2 Å².